The molecule has 2 aromatic rings. The second-order valence-corrected chi connectivity index (χ2v) is 10.1. The molecule has 3 heteroatoms. The van der Waals surface area contributed by atoms with E-state index in [9.17, 15) is 4.79 Å². The van der Waals surface area contributed by atoms with Crippen molar-refractivity contribution in [2.24, 2.45) is 10.8 Å². The van der Waals surface area contributed by atoms with E-state index in [1.807, 2.05) is 6.92 Å². The van der Waals surface area contributed by atoms with Crippen LogP contribution in [0.1, 0.15) is 62.4 Å². The van der Waals surface area contributed by atoms with Crippen molar-refractivity contribution >= 4 is 10.9 Å². The molecule has 4 rings (SSSR count). The molecule has 2 aliphatic rings. The molecule has 2 atom stereocenters. The molecule has 0 unspecified atom stereocenters. The highest BCUT2D eigenvalue weighted by atomic mass is 16.1. The van der Waals surface area contributed by atoms with Crippen LogP contribution in [-0.4, -0.2) is 22.5 Å². The smallest absolute Gasteiger partial charge is 0.194 e. The summed E-state index contributed by atoms with van der Waals surface area (Å²) in [7, 11) is 0. The monoisotopic (exact) mass is 352 g/mol. The van der Waals surface area contributed by atoms with Crippen molar-refractivity contribution < 1.29 is 0 Å². The molecule has 0 spiro atoms. The van der Waals surface area contributed by atoms with Crippen LogP contribution in [0, 0.1) is 31.6 Å². The highest BCUT2D eigenvalue weighted by Gasteiger charge is 2.49. The van der Waals surface area contributed by atoms with Gasteiger partial charge in [0.2, 0.25) is 0 Å². The number of pyridine rings is 1. The average molecular weight is 353 g/mol. The summed E-state index contributed by atoms with van der Waals surface area (Å²) in [5.74, 6) is 0. The number of hydrogen-bond donors (Lipinski definition) is 1. The molecular formula is C23H32N2O. The number of hydrogen-bond acceptors (Lipinski definition) is 2. The fourth-order valence-corrected chi connectivity index (χ4v) is 6.00. The Labute approximate surface area is 156 Å². The van der Waals surface area contributed by atoms with Gasteiger partial charge >= 0.3 is 0 Å². The highest BCUT2D eigenvalue weighted by Crippen LogP contribution is 2.52. The molecule has 2 heterocycles. The molecule has 2 fully saturated rings. The van der Waals surface area contributed by atoms with Gasteiger partial charge in [-0.25, -0.2) is 0 Å². The third-order valence-electron chi connectivity index (χ3n) is 6.77. The van der Waals surface area contributed by atoms with Gasteiger partial charge in [-0.2, -0.15) is 0 Å². The largest absolute Gasteiger partial charge is 0.358 e. The second-order valence-electron chi connectivity index (χ2n) is 10.1. The minimum atomic E-state index is 0.225. The SMILES string of the molecule is Cc1[nH]c2c(C)ccc(C)c2c(=O)c1CN1C[C@@]2(C)C[C@@H]1CC(C)(C)C2. The molecular weight excluding hydrogens is 320 g/mol. The number of H-pyrrole nitrogens is 1. The lowest BCUT2D eigenvalue weighted by Gasteiger charge is -2.40. The lowest BCUT2D eigenvalue weighted by atomic mass is 9.65. The summed E-state index contributed by atoms with van der Waals surface area (Å²) in [5, 5.41) is 0.874. The van der Waals surface area contributed by atoms with Crippen LogP contribution in [0.4, 0.5) is 0 Å². The Morgan fingerprint density at radius 2 is 1.81 bits per heavy atom. The fraction of sp³-hybridized carbons (Fsp3) is 0.609. The van der Waals surface area contributed by atoms with Crippen LogP contribution in [0.25, 0.3) is 10.9 Å². The van der Waals surface area contributed by atoms with Gasteiger partial charge in [0.05, 0.1) is 5.52 Å². The minimum absolute atomic E-state index is 0.225. The quantitative estimate of drug-likeness (QED) is 0.838. The van der Waals surface area contributed by atoms with Crippen molar-refractivity contribution in [3.8, 4) is 0 Å². The highest BCUT2D eigenvalue weighted by molar-refractivity contribution is 5.85. The minimum Gasteiger partial charge on any atom is -0.358 e. The van der Waals surface area contributed by atoms with Crippen molar-refractivity contribution in [1.29, 1.82) is 0 Å². The fourth-order valence-electron chi connectivity index (χ4n) is 6.00. The maximum Gasteiger partial charge on any atom is 0.194 e. The summed E-state index contributed by atoms with van der Waals surface area (Å²) in [4.78, 5) is 19.5. The van der Waals surface area contributed by atoms with Gasteiger partial charge in [0.15, 0.2) is 5.43 Å². The predicted octanol–water partition coefficient (Wildman–Crippen LogP) is 4.85. The van der Waals surface area contributed by atoms with Crippen LogP contribution in [-0.2, 0) is 6.54 Å². The molecule has 3 nitrogen and oxygen atoms in total. The van der Waals surface area contributed by atoms with Gasteiger partial charge in [-0.05, 0) is 62.0 Å². The van der Waals surface area contributed by atoms with Crippen LogP contribution in [0.3, 0.4) is 0 Å². The van der Waals surface area contributed by atoms with E-state index in [-0.39, 0.29) is 5.43 Å². The normalized spacial score (nSPS) is 28.0. The lowest BCUT2D eigenvalue weighted by Crippen LogP contribution is -2.35. The molecule has 1 saturated heterocycles. The van der Waals surface area contributed by atoms with E-state index in [0.717, 1.165) is 46.4 Å². The maximum atomic E-state index is 13.4. The standard InChI is InChI=1S/C23H32N2O/c1-14-7-8-15(2)20-19(14)21(26)18(16(3)24-20)11-25-13-23(6)10-17(25)9-22(4,5)12-23/h7-8,17H,9-13H2,1-6H3,(H,24,26)/t17-,23-/m0/s1. The summed E-state index contributed by atoms with van der Waals surface area (Å²) >= 11 is 0. The van der Waals surface area contributed by atoms with Crippen molar-refractivity contribution in [3.05, 3.63) is 44.7 Å². The topological polar surface area (TPSA) is 36.1 Å². The van der Waals surface area contributed by atoms with Crippen molar-refractivity contribution in [1.82, 2.24) is 9.88 Å². The van der Waals surface area contributed by atoms with E-state index in [2.05, 4.69) is 56.6 Å². The number of fused-ring (bicyclic) bond motifs is 3. The summed E-state index contributed by atoms with van der Waals surface area (Å²) in [6.07, 6.45) is 3.81. The average Bonchev–Trinajstić information content (AvgIpc) is 2.75. The van der Waals surface area contributed by atoms with E-state index in [1.54, 1.807) is 0 Å². The van der Waals surface area contributed by atoms with Gasteiger partial charge in [-0.15, -0.1) is 0 Å². The third-order valence-corrected chi connectivity index (χ3v) is 6.77. The molecule has 1 N–H and O–H groups in total. The number of nitrogens with one attached hydrogen (secondary N) is 1. The third kappa shape index (κ3) is 2.81. The van der Waals surface area contributed by atoms with Crippen LogP contribution < -0.4 is 5.43 Å². The predicted molar refractivity (Wildman–Crippen MR) is 109 cm³/mol. The van der Waals surface area contributed by atoms with E-state index in [4.69, 9.17) is 0 Å². The Bertz CT molecular complexity index is 939. The maximum absolute atomic E-state index is 13.4. The first kappa shape index (κ1) is 17.8. The van der Waals surface area contributed by atoms with Crippen LogP contribution in [0.2, 0.25) is 0 Å². The molecule has 0 radical (unpaired) electrons. The van der Waals surface area contributed by atoms with Crippen LogP contribution in [0.15, 0.2) is 16.9 Å². The van der Waals surface area contributed by atoms with Gasteiger partial charge in [-0.1, -0.05) is 32.9 Å². The molecule has 0 amide bonds. The van der Waals surface area contributed by atoms with Crippen LogP contribution in [0.5, 0.6) is 0 Å². The Morgan fingerprint density at radius 1 is 1.12 bits per heavy atom. The summed E-state index contributed by atoms with van der Waals surface area (Å²) in [6, 6.07) is 4.77. The summed E-state index contributed by atoms with van der Waals surface area (Å²) in [6.45, 7) is 15.3. The Kier molecular flexibility index (Phi) is 3.89. The number of likely N-dealkylation sites (tertiary alicyclic amines) is 1. The first-order valence-electron chi connectivity index (χ1n) is 9.94. The van der Waals surface area contributed by atoms with E-state index < -0.39 is 0 Å². The molecule has 1 aliphatic heterocycles. The molecule has 1 aromatic carbocycles. The molecule has 1 aliphatic carbocycles. The molecule has 140 valence electrons. The Hall–Kier alpha value is -1.61. The molecule has 2 bridgehead atoms. The summed E-state index contributed by atoms with van der Waals surface area (Å²) in [5.41, 5.74) is 6.24. The van der Waals surface area contributed by atoms with E-state index in [0.29, 0.717) is 16.9 Å². The zero-order valence-corrected chi connectivity index (χ0v) is 17.1. The number of rotatable bonds is 2. The summed E-state index contributed by atoms with van der Waals surface area (Å²) < 4.78 is 0. The van der Waals surface area contributed by atoms with Crippen LogP contribution >= 0.6 is 0 Å². The number of aromatic nitrogens is 1. The van der Waals surface area contributed by atoms with Gasteiger partial charge in [0.25, 0.3) is 0 Å². The van der Waals surface area contributed by atoms with Crippen molar-refractivity contribution in [2.45, 2.75) is 73.4 Å². The van der Waals surface area contributed by atoms with Gasteiger partial charge < -0.3 is 4.98 Å². The Balaban J connectivity index is 1.75. The van der Waals surface area contributed by atoms with Gasteiger partial charge in [0.1, 0.15) is 0 Å². The zero-order chi connectivity index (χ0) is 18.9. The molecule has 1 aromatic heterocycles. The van der Waals surface area contributed by atoms with Gasteiger partial charge in [0, 0.05) is 35.8 Å². The van der Waals surface area contributed by atoms with Gasteiger partial charge in [-0.3, -0.25) is 9.69 Å². The number of nitrogens with zero attached hydrogens (tertiary/aromatic N) is 1. The molecule has 1 saturated carbocycles. The van der Waals surface area contributed by atoms with Crippen molar-refractivity contribution in [2.75, 3.05) is 6.54 Å². The van der Waals surface area contributed by atoms with E-state index in [1.165, 1.54) is 19.3 Å². The first-order chi connectivity index (χ1) is 12.1. The Morgan fingerprint density at radius 3 is 2.54 bits per heavy atom. The second kappa shape index (κ2) is 5.69. The molecule has 26 heavy (non-hydrogen) atoms. The van der Waals surface area contributed by atoms with E-state index >= 15 is 0 Å². The number of benzene rings is 1. The number of aryl methyl sites for hydroxylation is 3. The lowest BCUT2D eigenvalue weighted by molar-refractivity contribution is 0.126. The zero-order valence-electron chi connectivity index (χ0n) is 17.1. The first-order valence-corrected chi connectivity index (χ1v) is 9.94. The van der Waals surface area contributed by atoms with Crippen molar-refractivity contribution in [3.63, 3.8) is 0 Å². The number of aromatic amines is 1.